The number of aryl methyl sites for hydroxylation is 1. The molecular weight excluding hydrogens is 438 g/mol. The van der Waals surface area contributed by atoms with Gasteiger partial charge in [0.25, 0.3) is 0 Å². The number of ether oxygens (including phenoxy) is 2. The second-order valence-corrected chi connectivity index (χ2v) is 9.33. The normalized spacial score (nSPS) is 12.7. The van der Waals surface area contributed by atoms with E-state index in [1.165, 1.54) is 17.0 Å². The molecule has 0 aliphatic carbocycles. The Kier molecular flexibility index (Phi) is 8.16. The molecule has 0 amide bonds. The molecule has 0 saturated carbocycles. The number of thiazole rings is 1. The van der Waals surface area contributed by atoms with Crippen molar-refractivity contribution >= 4 is 17.2 Å². The van der Waals surface area contributed by atoms with E-state index < -0.39 is 6.29 Å². The summed E-state index contributed by atoms with van der Waals surface area (Å²) in [6.45, 7) is 8.49. The van der Waals surface area contributed by atoms with Gasteiger partial charge >= 0.3 is 0 Å². The highest BCUT2D eigenvalue weighted by Gasteiger charge is 2.17. The number of phenols is 1. The number of hydrogen-bond donors (Lipinski definition) is 3. The van der Waals surface area contributed by atoms with Gasteiger partial charge in [0.15, 0.2) is 5.84 Å². The molecule has 1 aromatic heterocycles. The van der Waals surface area contributed by atoms with Crippen LogP contribution in [0.25, 0.3) is 11.3 Å². The smallest absolute Gasteiger partial charge is 0.241 e. The number of aromatic nitrogens is 1. The Morgan fingerprint density at radius 3 is 2.39 bits per heavy atom. The first-order chi connectivity index (χ1) is 15.8. The number of phenolic OH excluding ortho intramolecular Hbond substituents is 1. The van der Waals surface area contributed by atoms with Crippen molar-refractivity contribution in [2.24, 2.45) is 10.9 Å². The lowest BCUT2D eigenvalue weighted by molar-refractivity contribution is -0.00222. The molecule has 7 nitrogen and oxygen atoms in total. The van der Waals surface area contributed by atoms with Crippen LogP contribution in [0.4, 0.5) is 0 Å². The molecule has 2 aromatic carbocycles. The van der Waals surface area contributed by atoms with E-state index in [1.54, 1.807) is 17.4 Å². The first kappa shape index (κ1) is 24.4. The quantitative estimate of drug-likeness (QED) is 0.110. The highest BCUT2D eigenvalue weighted by molar-refractivity contribution is 7.12. The van der Waals surface area contributed by atoms with E-state index in [0.29, 0.717) is 23.8 Å². The number of amidine groups is 1. The molecule has 0 spiro atoms. The van der Waals surface area contributed by atoms with Crippen LogP contribution in [0.1, 0.15) is 61.4 Å². The van der Waals surface area contributed by atoms with Crippen molar-refractivity contribution in [1.82, 2.24) is 4.98 Å². The molecule has 1 heterocycles. The van der Waals surface area contributed by atoms with E-state index in [4.69, 9.17) is 25.4 Å². The second-order valence-electron chi connectivity index (χ2n) is 8.10. The molecule has 8 heteroatoms. The Morgan fingerprint density at radius 2 is 1.79 bits per heavy atom. The minimum absolute atomic E-state index is 0.138. The third-order valence-corrected chi connectivity index (χ3v) is 6.37. The molecular formula is C25H31N3O4S. The monoisotopic (exact) mass is 469 g/mol. The SMILES string of the molecule is CCCCC(Oc1ccc(-c2nc(C)sc2C(C)C)cc1)Oc1ccc(C(N)=NO)c(O)c1. The van der Waals surface area contributed by atoms with Crippen molar-refractivity contribution in [2.45, 2.75) is 59.2 Å². The van der Waals surface area contributed by atoms with E-state index in [1.807, 2.05) is 31.2 Å². The fraction of sp³-hybridized carbons (Fsp3) is 0.360. The van der Waals surface area contributed by atoms with Gasteiger partial charge in [-0.05, 0) is 55.7 Å². The molecule has 1 atom stereocenters. The second kappa shape index (κ2) is 11.0. The van der Waals surface area contributed by atoms with Crippen molar-refractivity contribution in [3.8, 4) is 28.5 Å². The van der Waals surface area contributed by atoms with Crippen LogP contribution < -0.4 is 15.2 Å². The molecule has 33 heavy (non-hydrogen) atoms. The number of aromatic hydroxyl groups is 1. The molecule has 0 aliphatic rings. The lowest BCUT2D eigenvalue weighted by Crippen LogP contribution is -2.24. The van der Waals surface area contributed by atoms with Crippen LogP contribution in [0.5, 0.6) is 17.2 Å². The standard InChI is InChI=1S/C25H31N3O4S/c1-5-6-7-22(32-19-12-13-20(21(29)14-19)25(26)28-30)31-18-10-8-17(9-11-18)23-24(15(2)3)33-16(4)27-23/h8-15,22,29-30H,5-7H2,1-4H3,(H2,26,28). The van der Waals surface area contributed by atoms with E-state index >= 15 is 0 Å². The first-order valence-corrected chi connectivity index (χ1v) is 11.9. The van der Waals surface area contributed by atoms with Crippen molar-refractivity contribution in [3.63, 3.8) is 0 Å². The first-order valence-electron chi connectivity index (χ1n) is 11.0. The minimum Gasteiger partial charge on any atom is -0.507 e. The zero-order chi connectivity index (χ0) is 24.0. The third kappa shape index (κ3) is 6.16. The average Bonchev–Trinajstić information content (AvgIpc) is 3.19. The van der Waals surface area contributed by atoms with Crippen molar-refractivity contribution in [1.29, 1.82) is 0 Å². The van der Waals surface area contributed by atoms with E-state index in [0.717, 1.165) is 29.1 Å². The lowest BCUT2D eigenvalue weighted by Gasteiger charge is -2.21. The number of benzene rings is 2. The Balaban J connectivity index is 1.76. The van der Waals surface area contributed by atoms with Crippen LogP contribution in [-0.4, -0.2) is 27.4 Å². The van der Waals surface area contributed by atoms with Gasteiger partial charge in [0.1, 0.15) is 17.2 Å². The molecule has 0 radical (unpaired) electrons. The van der Waals surface area contributed by atoms with Crippen LogP contribution in [-0.2, 0) is 0 Å². The van der Waals surface area contributed by atoms with Gasteiger partial charge in [-0.3, -0.25) is 0 Å². The molecule has 0 fully saturated rings. The third-order valence-electron chi connectivity index (χ3n) is 5.09. The van der Waals surface area contributed by atoms with Crippen LogP contribution in [0.15, 0.2) is 47.6 Å². The fourth-order valence-electron chi connectivity index (χ4n) is 3.40. The highest BCUT2D eigenvalue weighted by Crippen LogP contribution is 2.34. The zero-order valence-corrected chi connectivity index (χ0v) is 20.2. The van der Waals surface area contributed by atoms with Gasteiger partial charge < -0.3 is 25.5 Å². The summed E-state index contributed by atoms with van der Waals surface area (Å²) in [6, 6.07) is 12.5. The van der Waals surface area contributed by atoms with E-state index in [2.05, 4.69) is 25.9 Å². The largest absolute Gasteiger partial charge is 0.507 e. The summed E-state index contributed by atoms with van der Waals surface area (Å²) in [7, 11) is 0. The van der Waals surface area contributed by atoms with Crippen molar-refractivity contribution in [3.05, 3.63) is 57.9 Å². The topological polar surface area (TPSA) is 110 Å². The molecule has 176 valence electrons. The zero-order valence-electron chi connectivity index (χ0n) is 19.4. The summed E-state index contributed by atoms with van der Waals surface area (Å²) in [5.41, 5.74) is 7.88. The predicted molar refractivity (Wildman–Crippen MR) is 132 cm³/mol. The lowest BCUT2D eigenvalue weighted by atomic mass is 10.1. The van der Waals surface area contributed by atoms with Crippen molar-refractivity contribution < 1.29 is 19.8 Å². The molecule has 3 rings (SSSR count). The Labute approximate surface area is 198 Å². The van der Waals surface area contributed by atoms with Crippen LogP contribution in [0.2, 0.25) is 0 Å². The average molecular weight is 470 g/mol. The molecule has 4 N–H and O–H groups in total. The van der Waals surface area contributed by atoms with Gasteiger partial charge in [-0.2, -0.15) is 0 Å². The van der Waals surface area contributed by atoms with Crippen LogP contribution in [0, 0.1) is 6.92 Å². The van der Waals surface area contributed by atoms with Gasteiger partial charge in [-0.15, -0.1) is 11.3 Å². The van der Waals surface area contributed by atoms with Crippen LogP contribution in [0.3, 0.4) is 0 Å². The number of nitrogens with zero attached hydrogens (tertiary/aromatic N) is 2. The summed E-state index contributed by atoms with van der Waals surface area (Å²) in [5, 5.41) is 23.0. The summed E-state index contributed by atoms with van der Waals surface area (Å²) < 4.78 is 12.1. The maximum absolute atomic E-state index is 10.2. The number of rotatable bonds is 10. The van der Waals surface area contributed by atoms with Crippen LogP contribution >= 0.6 is 11.3 Å². The predicted octanol–water partition coefficient (Wildman–Crippen LogP) is 6.02. The minimum atomic E-state index is -0.530. The van der Waals surface area contributed by atoms with Gasteiger partial charge in [0, 0.05) is 22.9 Å². The number of nitrogens with two attached hydrogens (primary N) is 1. The number of hydrogen-bond acceptors (Lipinski definition) is 7. The Morgan fingerprint density at radius 1 is 1.12 bits per heavy atom. The Hall–Kier alpha value is -3.26. The molecule has 1 unspecified atom stereocenters. The van der Waals surface area contributed by atoms with E-state index in [9.17, 15) is 5.11 Å². The summed E-state index contributed by atoms with van der Waals surface area (Å²) in [4.78, 5) is 6.00. The van der Waals surface area contributed by atoms with Gasteiger partial charge in [-0.1, -0.05) is 32.3 Å². The number of oxime groups is 1. The Bertz CT molecular complexity index is 1090. The highest BCUT2D eigenvalue weighted by atomic mass is 32.1. The molecule has 0 bridgehead atoms. The molecule has 0 saturated heterocycles. The van der Waals surface area contributed by atoms with Crippen molar-refractivity contribution in [2.75, 3.05) is 0 Å². The van der Waals surface area contributed by atoms with Gasteiger partial charge in [0.05, 0.1) is 16.3 Å². The fourth-order valence-corrected chi connectivity index (χ4v) is 4.35. The summed E-state index contributed by atoms with van der Waals surface area (Å²) >= 11 is 1.74. The summed E-state index contributed by atoms with van der Waals surface area (Å²) in [5.74, 6) is 1.22. The molecule has 3 aromatic rings. The van der Waals surface area contributed by atoms with Gasteiger partial charge in [0.2, 0.25) is 6.29 Å². The summed E-state index contributed by atoms with van der Waals surface area (Å²) in [6.07, 6.45) is 2.07. The maximum atomic E-state index is 10.2. The van der Waals surface area contributed by atoms with E-state index in [-0.39, 0.29) is 17.1 Å². The maximum Gasteiger partial charge on any atom is 0.241 e. The van der Waals surface area contributed by atoms with Gasteiger partial charge in [-0.25, -0.2) is 4.98 Å². The number of unbranched alkanes of at least 4 members (excludes halogenated alkanes) is 1. The molecule has 0 aliphatic heterocycles.